The van der Waals surface area contributed by atoms with E-state index in [0.29, 0.717) is 25.3 Å². The van der Waals surface area contributed by atoms with E-state index < -0.39 is 0 Å². The van der Waals surface area contributed by atoms with Crippen LogP contribution in [0.1, 0.15) is 22.8 Å². The fraction of sp³-hybridized carbons (Fsp3) is 0.316. The van der Waals surface area contributed by atoms with Gasteiger partial charge in [-0.05, 0) is 6.92 Å². The van der Waals surface area contributed by atoms with Crippen molar-refractivity contribution >= 4 is 5.91 Å². The number of aromatic amines is 1. The smallest absolute Gasteiger partial charge is 0.258 e. The van der Waals surface area contributed by atoms with Gasteiger partial charge in [-0.25, -0.2) is 0 Å². The molecule has 2 aromatic heterocycles. The Bertz CT molecular complexity index is 841. The highest BCUT2D eigenvalue weighted by molar-refractivity contribution is 5.99. The lowest BCUT2D eigenvalue weighted by Crippen LogP contribution is -2.33. The zero-order chi connectivity index (χ0) is 18.4. The first kappa shape index (κ1) is 17.9. The number of carbonyl (C=O) groups excluding carboxylic acids is 1. The Morgan fingerprint density at radius 1 is 1.27 bits per heavy atom. The number of nitrogens with zero attached hydrogens (tertiary/aromatic N) is 4. The van der Waals surface area contributed by atoms with E-state index in [-0.39, 0.29) is 5.91 Å². The molecule has 0 aliphatic heterocycles. The number of benzene rings is 1. The summed E-state index contributed by atoms with van der Waals surface area (Å²) in [6, 6.07) is 9.72. The molecule has 1 aromatic carbocycles. The minimum absolute atomic E-state index is 0.0844. The molecule has 2 heterocycles. The maximum absolute atomic E-state index is 13.2. The highest BCUT2D eigenvalue weighted by Gasteiger charge is 2.22. The number of H-pyrrole nitrogens is 1. The Morgan fingerprint density at radius 3 is 2.77 bits per heavy atom. The van der Waals surface area contributed by atoms with Crippen LogP contribution in [0.4, 0.5) is 0 Å². The minimum atomic E-state index is -0.0844. The van der Waals surface area contributed by atoms with Gasteiger partial charge in [-0.15, -0.1) is 0 Å². The third-order valence-electron chi connectivity index (χ3n) is 4.17. The van der Waals surface area contributed by atoms with Gasteiger partial charge in [-0.3, -0.25) is 14.6 Å². The van der Waals surface area contributed by atoms with Crippen molar-refractivity contribution in [3.05, 3.63) is 60.0 Å². The first-order valence-corrected chi connectivity index (χ1v) is 8.61. The van der Waals surface area contributed by atoms with Crippen LogP contribution in [0, 0.1) is 0 Å². The maximum atomic E-state index is 13.2. The van der Waals surface area contributed by atoms with Crippen molar-refractivity contribution in [1.29, 1.82) is 0 Å². The van der Waals surface area contributed by atoms with E-state index in [9.17, 15) is 4.79 Å². The molecule has 0 saturated heterocycles. The van der Waals surface area contributed by atoms with Crippen molar-refractivity contribution in [3.63, 3.8) is 0 Å². The zero-order valence-corrected chi connectivity index (χ0v) is 15.1. The van der Waals surface area contributed by atoms with Gasteiger partial charge >= 0.3 is 0 Å². The van der Waals surface area contributed by atoms with Crippen molar-refractivity contribution in [1.82, 2.24) is 24.9 Å². The summed E-state index contributed by atoms with van der Waals surface area (Å²) in [5, 5.41) is 11.3. The topological polar surface area (TPSA) is 76.0 Å². The molecular weight excluding hydrogens is 330 g/mol. The van der Waals surface area contributed by atoms with Crippen molar-refractivity contribution in [3.8, 4) is 11.3 Å². The third-order valence-corrected chi connectivity index (χ3v) is 4.17. The summed E-state index contributed by atoms with van der Waals surface area (Å²) >= 11 is 0. The van der Waals surface area contributed by atoms with Gasteiger partial charge in [0.1, 0.15) is 0 Å². The molecular formula is C19H23N5O2. The predicted molar refractivity (Wildman–Crippen MR) is 98.5 cm³/mol. The van der Waals surface area contributed by atoms with Crippen LogP contribution in [-0.2, 0) is 17.8 Å². The summed E-state index contributed by atoms with van der Waals surface area (Å²) in [5.74, 6) is -0.0844. The number of nitrogens with one attached hydrogen (secondary N) is 1. The van der Waals surface area contributed by atoms with E-state index in [1.54, 1.807) is 24.4 Å². The molecule has 0 bridgehead atoms. The second-order valence-corrected chi connectivity index (χ2v) is 5.95. The van der Waals surface area contributed by atoms with Crippen LogP contribution in [0.5, 0.6) is 0 Å². The highest BCUT2D eigenvalue weighted by atomic mass is 16.5. The quantitative estimate of drug-likeness (QED) is 0.675. The summed E-state index contributed by atoms with van der Waals surface area (Å²) in [6.45, 7) is 4.26. The van der Waals surface area contributed by atoms with Crippen molar-refractivity contribution < 1.29 is 9.53 Å². The van der Waals surface area contributed by atoms with Crippen LogP contribution in [0.25, 0.3) is 11.3 Å². The molecule has 3 aromatic rings. The standard InChI is InChI=1S/C19H23N5O2/c1-3-24-14-15(11-21-24)13-23(9-10-26-2)19(25)17-12-20-22-18(17)16-7-5-4-6-8-16/h4-8,11-12,14H,3,9-10,13H2,1-2H3,(H,20,22). The highest BCUT2D eigenvalue weighted by Crippen LogP contribution is 2.22. The van der Waals surface area contributed by atoms with Gasteiger partial charge in [0.05, 0.1) is 30.3 Å². The van der Waals surface area contributed by atoms with Crippen LogP contribution >= 0.6 is 0 Å². The summed E-state index contributed by atoms with van der Waals surface area (Å²) in [7, 11) is 1.63. The van der Waals surface area contributed by atoms with E-state index >= 15 is 0 Å². The fourth-order valence-corrected chi connectivity index (χ4v) is 2.78. The fourth-order valence-electron chi connectivity index (χ4n) is 2.78. The van der Waals surface area contributed by atoms with Crippen molar-refractivity contribution in [2.24, 2.45) is 0 Å². The third kappa shape index (κ3) is 4.00. The van der Waals surface area contributed by atoms with Crippen LogP contribution in [-0.4, -0.2) is 51.0 Å². The van der Waals surface area contributed by atoms with Crippen molar-refractivity contribution in [2.45, 2.75) is 20.0 Å². The van der Waals surface area contributed by atoms with Gasteiger partial charge in [0, 0.05) is 44.1 Å². The number of ether oxygens (including phenoxy) is 1. The summed E-state index contributed by atoms with van der Waals surface area (Å²) in [4.78, 5) is 14.9. The predicted octanol–water partition coefficient (Wildman–Crippen LogP) is 2.58. The normalized spacial score (nSPS) is 10.8. The van der Waals surface area contributed by atoms with Gasteiger partial charge in [0.2, 0.25) is 0 Å². The molecule has 0 spiro atoms. The van der Waals surface area contributed by atoms with Crippen LogP contribution in [0.15, 0.2) is 48.9 Å². The molecule has 0 saturated carbocycles. The van der Waals surface area contributed by atoms with Gasteiger partial charge in [0.25, 0.3) is 5.91 Å². The molecule has 3 rings (SSSR count). The molecule has 0 atom stereocenters. The summed E-state index contributed by atoms with van der Waals surface area (Å²) in [6.07, 6.45) is 5.34. The molecule has 0 unspecified atom stereocenters. The molecule has 136 valence electrons. The lowest BCUT2D eigenvalue weighted by Gasteiger charge is -2.21. The first-order valence-electron chi connectivity index (χ1n) is 8.61. The second-order valence-electron chi connectivity index (χ2n) is 5.95. The maximum Gasteiger partial charge on any atom is 0.258 e. The Hall–Kier alpha value is -2.93. The zero-order valence-electron chi connectivity index (χ0n) is 15.1. The minimum Gasteiger partial charge on any atom is -0.383 e. The molecule has 7 heteroatoms. The molecule has 26 heavy (non-hydrogen) atoms. The largest absolute Gasteiger partial charge is 0.383 e. The SMILES string of the molecule is CCn1cc(CN(CCOC)C(=O)c2cn[nH]c2-c2ccccc2)cn1. The van der Waals surface area contributed by atoms with E-state index in [4.69, 9.17) is 4.74 Å². The summed E-state index contributed by atoms with van der Waals surface area (Å²) < 4.78 is 7.03. The van der Waals surface area contributed by atoms with Crippen LogP contribution in [0.3, 0.4) is 0 Å². The van der Waals surface area contributed by atoms with Gasteiger partial charge < -0.3 is 9.64 Å². The number of aromatic nitrogens is 4. The number of aryl methyl sites for hydroxylation is 1. The number of methoxy groups -OCH3 is 1. The molecule has 1 N–H and O–H groups in total. The molecule has 7 nitrogen and oxygen atoms in total. The lowest BCUT2D eigenvalue weighted by atomic mass is 10.1. The van der Waals surface area contributed by atoms with E-state index in [1.165, 1.54) is 0 Å². The Kier molecular flexibility index (Phi) is 5.80. The Labute approximate surface area is 152 Å². The van der Waals surface area contributed by atoms with E-state index in [1.807, 2.05) is 48.1 Å². The van der Waals surface area contributed by atoms with Gasteiger partial charge in [-0.2, -0.15) is 10.2 Å². The number of carbonyl (C=O) groups is 1. The monoisotopic (exact) mass is 353 g/mol. The number of hydrogen-bond acceptors (Lipinski definition) is 4. The van der Waals surface area contributed by atoms with E-state index in [0.717, 1.165) is 23.4 Å². The average Bonchev–Trinajstić information content (AvgIpc) is 3.34. The van der Waals surface area contributed by atoms with Crippen molar-refractivity contribution in [2.75, 3.05) is 20.3 Å². The Balaban J connectivity index is 1.85. The summed E-state index contributed by atoms with van der Waals surface area (Å²) in [5.41, 5.74) is 3.19. The number of amides is 1. The van der Waals surface area contributed by atoms with Crippen LogP contribution < -0.4 is 0 Å². The first-order chi connectivity index (χ1) is 12.7. The number of rotatable bonds is 8. The second kappa shape index (κ2) is 8.44. The molecule has 0 radical (unpaired) electrons. The van der Waals surface area contributed by atoms with E-state index in [2.05, 4.69) is 15.3 Å². The Morgan fingerprint density at radius 2 is 2.08 bits per heavy atom. The molecule has 0 aliphatic carbocycles. The lowest BCUT2D eigenvalue weighted by molar-refractivity contribution is 0.0681. The van der Waals surface area contributed by atoms with Crippen LogP contribution in [0.2, 0.25) is 0 Å². The molecule has 0 aliphatic rings. The molecule has 1 amide bonds. The average molecular weight is 353 g/mol. The molecule has 0 fully saturated rings. The number of hydrogen-bond donors (Lipinski definition) is 1. The van der Waals surface area contributed by atoms with Gasteiger partial charge in [-0.1, -0.05) is 30.3 Å². The van der Waals surface area contributed by atoms with Gasteiger partial charge in [0.15, 0.2) is 0 Å².